The summed E-state index contributed by atoms with van der Waals surface area (Å²) in [4.78, 5) is 11.1. The lowest BCUT2D eigenvalue weighted by molar-refractivity contribution is 0.0698. The van der Waals surface area contributed by atoms with E-state index in [1.807, 2.05) is 0 Å². The van der Waals surface area contributed by atoms with Crippen LogP contribution in [0.15, 0.2) is 34.8 Å². The highest BCUT2D eigenvalue weighted by Crippen LogP contribution is 2.31. The van der Waals surface area contributed by atoms with Crippen molar-refractivity contribution in [2.45, 2.75) is 0 Å². The van der Waals surface area contributed by atoms with Gasteiger partial charge in [0.05, 0.1) is 27.1 Å². The normalized spacial score (nSPS) is 10.3. The number of carbonyl (C=O) groups is 1. The predicted octanol–water partition coefficient (Wildman–Crippen LogP) is 3.75. The van der Waals surface area contributed by atoms with Crippen molar-refractivity contribution in [2.24, 2.45) is 0 Å². The van der Waals surface area contributed by atoms with Gasteiger partial charge in [-0.25, -0.2) is 13.6 Å². The number of aromatic carboxylic acids is 1. The van der Waals surface area contributed by atoms with Gasteiger partial charge in [-0.1, -0.05) is 6.07 Å². The fraction of sp³-hybridized carbons (Fsp3) is 0. The Morgan fingerprint density at radius 2 is 1.95 bits per heavy atom. The SMILES string of the molecule is Nc1cccc(C(=O)O)c1Nc1cc(F)c(Br)cc1F. The number of hydrogen-bond acceptors (Lipinski definition) is 3. The molecule has 0 unspecified atom stereocenters. The summed E-state index contributed by atoms with van der Waals surface area (Å²) in [5.74, 6) is -2.64. The maximum Gasteiger partial charge on any atom is 0.337 e. The van der Waals surface area contributed by atoms with E-state index in [-0.39, 0.29) is 27.1 Å². The van der Waals surface area contributed by atoms with Crippen molar-refractivity contribution in [1.82, 2.24) is 0 Å². The first-order chi connectivity index (χ1) is 9.40. The molecular formula is C13H9BrF2N2O2. The maximum absolute atomic E-state index is 13.7. The van der Waals surface area contributed by atoms with Gasteiger partial charge in [0.1, 0.15) is 11.6 Å². The van der Waals surface area contributed by atoms with E-state index >= 15 is 0 Å². The molecule has 0 bridgehead atoms. The third-order valence-corrected chi connectivity index (χ3v) is 3.20. The number of nitrogens with two attached hydrogens (primary N) is 1. The van der Waals surface area contributed by atoms with Gasteiger partial charge in [-0.15, -0.1) is 0 Å². The molecule has 4 nitrogen and oxygen atoms in total. The predicted molar refractivity (Wildman–Crippen MR) is 75.2 cm³/mol. The molecule has 2 aromatic carbocycles. The highest BCUT2D eigenvalue weighted by molar-refractivity contribution is 9.10. The molecule has 20 heavy (non-hydrogen) atoms. The molecule has 0 spiro atoms. The molecule has 0 atom stereocenters. The molecule has 0 saturated carbocycles. The van der Waals surface area contributed by atoms with Crippen LogP contribution in [-0.2, 0) is 0 Å². The molecule has 0 aliphatic carbocycles. The number of nitrogens with one attached hydrogen (secondary N) is 1. The van der Waals surface area contributed by atoms with Crippen LogP contribution in [0.25, 0.3) is 0 Å². The van der Waals surface area contributed by atoms with Crippen molar-refractivity contribution in [2.75, 3.05) is 11.1 Å². The Labute approximate surface area is 121 Å². The zero-order valence-corrected chi connectivity index (χ0v) is 11.5. The van der Waals surface area contributed by atoms with Crippen molar-refractivity contribution in [3.8, 4) is 0 Å². The van der Waals surface area contributed by atoms with E-state index in [1.165, 1.54) is 18.2 Å². The summed E-state index contributed by atoms with van der Waals surface area (Å²) in [5.41, 5.74) is 5.47. The summed E-state index contributed by atoms with van der Waals surface area (Å²) >= 11 is 2.86. The van der Waals surface area contributed by atoms with Gasteiger partial charge >= 0.3 is 5.97 Å². The Hall–Kier alpha value is -2.15. The van der Waals surface area contributed by atoms with E-state index in [0.29, 0.717) is 0 Å². The average molecular weight is 343 g/mol. The molecule has 0 heterocycles. The lowest BCUT2D eigenvalue weighted by Crippen LogP contribution is -2.06. The van der Waals surface area contributed by atoms with Crippen LogP contribution in [0, 0.1) is 11.6 Å². The van der Waals surface area contributed by atoms with E-state index in [2.05, 4.69) is 21.2 Å². The Bertz CT molecular complexity index is 692. The van der Waals surface area contributed by atoms with E-state index < -0.39 is 17.6 Å². The number of benzene rings is 2. The molecule has 0 saturated heterocycles. The molecule has 0 aliphatic rings. The van der Waals surface area contributed by atoms with Crippen molar-refractivity contribution in [3.05, 3.63) is 52.0 Å². The number of anilines is 3. The number of hydrogen-bond donors (Lipinski definition) is 3. The van der Waals surface area contributed by atoms with Crippen molar-refractivity contribution in [3.63, 3.8) is 0 Å². The number of rotatable bonds is 3. The van der Waals surface area contributed by atoms with Gasteiger partial charge in [-0.05, 0) is 34.1 Å². The highest BCUT2D eigenvalue weighted by atomic mass is 79.9. The first-order valence-electron chi connectivity index (χ1n) is 5.43. The summed E-state index contributed by atoms with van der Waals surface area (Å²) in [7, 11) is 0. The second-order valence-corrected chi connectivity index (χ2v) is 4.80. The van der Waals surface area contributed by atoms with Gasteiger partial charge in [0, 0.05) is 6.07 Å². The van der Waals surface area contributed by atoms with Crippen LogP contribution in [0.1, 0.15) is 10.4 Å². The van der Waals surface area contributed by atoms with Crippen molar-refractivity contribution < 1.29 is 18.7 Å². The van der Waals surface area contributed by atoms with Gasteiger partial charge in [0.2, 0.25) is 0 Å². The molecular weight excluding hydrogens is 334 g/mol. The third-order valence-electron chi connectivity index (χ3n) is 2.60. The molecule has 0 fully saturated rings. The van der Waals surface area contributed by atoms with Crippen LogP contribution in [0.4, 0.5) is 25.8 Å². The number of carboxylic acid groups (broad SMARTS) is 1. The third kappa shape index (κ3) is 2.72. The van der Waals surface area contributed by atoms with Crippen molar-refractivity contribution in [1.29, 1.82) is 0 Å². The Balaban J connectivity index is 2.50. The van der Waals surface area contributed by atoms with E-state index in [4.69, 9.17) is 10.8 Å². The highest BCUT2D eigenvalue weighted by Gasteiger charge is 2.15. The lowest BCUT2D eigenvalue weighted by atomic mass is 10.1. The van der Waals surface area contributed by atoms with E-state index in [9.17, 15) is 13.6 Å². The van der Waals surface area contributed by atoms with E-state index in [1.54, 1.807) is 0 Å². The minimum Gasteiger partial charge on any atom is -0.478 e. The standard InChI is InChI=1S/C13H9BrF2N2O2/c14-7-4-9(16)11(5-8(7)15)18-12-6(13(19)20)2-1-3-10(12)17/h1-5,18H,17H2,(H,19,20). The molecule has 2 aromatic rings. The second kappa shape index (κ2) is 5.46. The molecule has 0 aliphatic heterocycles. The molecule has 104 valence electrons. The monoisotopic (exact) mass is 342 g/mol. The van der Waals surface area contributed by atoms with Crippen LogP contribution in [-0.4, -0.2) is 11.1 Å². The summed E-state index contributed by atoms with van der Waals surface area (Å²) in [6.45, 7) is 0. The van der Waals surface area contributed by atoms with Crippen LogP contribution in [0.3, 0.4) is 0 Å². The first kappa shape index (κ1) is 14.3. The van der Waals surface area contributed by atoms with Crippen molar-refractivity contribution >= 4 is 39.0 Å². The first-order valence-corrected chi connectivity index (χ1v) is 6.23. The van der Waals surface area contributed by atoms with Gasteiger partial charge in [-0.3, -0.25) is 0 Å². The number of halogens is 3. The smallest absolute Gasteiger partial charge is 0.337 e. The minimum absolute atomic E-state index is 0.0145. The fourth-order valence-electron chi connectivity index (χ4n) is 1.64. The molecule has 2 rings (SSSR count). The van der Waals surface area contributed by atoms with Crippen LogP contribution in [0.2, 0.25) is 0 Å². The number of carboxylic acids is 1. The molecule has 4 N–H and O–H groups in total. The lowest BCUT2D eigenvalue weighted by Gasteiger charge is -2.13. The Morgan fingerprint density at radius 1 is 1.25 bits per heavy atom. The average Bonchev–Trinajstić information content (AvgIpc) is 2.37. The molecule has 0 radical (unpaired) electrons. The topological polar surface area (TPSA) is 75.4 Å². The van der Waals surface area contributed by atoms with Gasteiger partial charge in [0.25, 0.3) is 0 Å². The van der Waals surface area contributed by atoms with Crippen LogP contribution >= 0.6 is 15.9 Å². The Kier molecular flexibility index (Phi) is 3.89. The van der Waals surface area contributed by atoms with Gasteiger partial charge in [0.15, 0.2) is 0 Å². The molecule has 0 aromatic heterocycles. The molecule has 7 heteroatoms. The largest absolute Gasteiger partial charge is 0.478 e. The number of para-hydroxylation sites is 1. The van der Waals surface area contributed by atoms with E-state index in [0.717, 1.165) is 12.1 Å². The van der Waals surface area contributed by atoms with Crippen LogP contribution in [0.5, 0.6) is 0 Å². The Morgan fingerprint density at radius 3 is 2.60 bits per heavy atom. The number of nitrogen functional groups attached to an aromatic ring is 1. The summed E-state index contributed by atoms with van der Waals surface area (Å²) in [6.07, 6.45) is 0. The zero-order chi connectivity index (χ0) is 14.9. The fourth-order valence-corrected chi connectivity index (χ4v) is 1.96. The summed E-state index contributed by atoms with van der Waals surface area (Å²) < 4.78 is 27.1. The minimum atomic E-state index is -1.22. The quantitative estimate of drug-likeness (QED) is 0.586. The van der Waals surface area contributed by atoms with Gasteiger partial charge < -0.3 is 16.2 Å². The zero-order valence-electron chi connectivity index (χ0n) is 9.95. The van der Waals surface area contributed by atoms with Crippen LogP contribution < -0.4 is 11.1 Å². The second-order valence-electron chi connectivity index (χ2n) is 3.95. The van der Waals surface area contributed by atoms with Gasteiger partial charge in [-0.2, -0.15) is 0 Å². The maximum atomic E-state index is 13.7. The summed E-state index contributed by atoms with van der Waals surface area (Å²) in [6, 6.07) is 6.09. The summed E-state index contributed by atoms with van der Waals surface area (Å²) in [5, 5.41) is 11.6. The molecule has 0 amide bonds.